The molecule has 0 aliphatic rings. The van der Waals surface area contributed by atoms with E-state index in [1.807, 2.05) is 17.5 Å². The summed E-state index contributed by atoms with van der Waals surface area (Å²) >= 11 is 1.44. The molecular weight excluding hydrogens is 356 g/mol. The van der Waals surface area contributed by atoms with Crippen LogP contribution in [0.4, 0.5) is 10.7 Å². The predicted octanol–water partition coefficient (Wildman–Crippen LogP) is 3.83. The zero-order valence-electron chi connectivity index (χ0n) is 13.4. The van der Waals surface area contributed by atoms with Gasteiger partial charge in [0.05, 0.1) is 15.6 Å². The van der Waals surface area contributed by atoms with Crippen LogP contribution >= 0.6 is 11.3 Å². The Morgan fingerprint density at radius 2 is 1.64 bits per heavy atom. The highest BCUT2D eigenvalue weighted by molar-refractivity contribution is 7.92. The summed E-state index contributed by atoms with van der Waals surface area (Å²) < 4.78 is 26.4. The van der Waals surface area contributed by atoms with Crippen molar-refractivity contribution < 1.29 is 13.2 Å². The number of hydrogen-bond acceptors (Lipinski definition) is 4. The van der Waals surface area contributed by atoms with Gasteiger partial charge < -0.3 is 5.32 Å². The Morgan fingerprint density at radius 1 is 0.960 bits per heavy atom. The summed E-state index contributed by atoms with van der Waals surface area (Å²) in [6.07, 6.45) is 0. The maximum atomic E-state index is 12.6. The van der Waals surface area contributed by atoms with Crippen LogP contribution in [0.3, 0.4) is 0 Å². The van der Waals surface area contributed by atoms with Crippen LogP contribution in [-0.4, -0.2) is 21.4 Å². The number of benzene rings is 2. The molecule has 3 aromatic rings. The summed E-state index contributed by atoms with van der Waals surface area (Å²) in [5, 5.41) is 5.43. The minimum absolute atomic E-state index is 0.219. The summed E-state index contributed by atoms with van der Waals surface area (Å²) in [6.45, 7) is 0. The topological polar surface area (TPSA) is 66.5 Å². The van der Waals surface area contributed by atoms with Crippen molar-refractivity contribution in [2.24, 2.45) is 0 Å². The molecule has 1 aromatic heterocycles. The summed E-state index contributed by atoms with van der Waals surface area (Å²) in [5.74, 6) is -0.234. The van der Waals surface area contributed by atoms with Crippen molar-refractivity contribution >= 4 is 38.0 Å². The molecule has 0 saturated heterocycles. The summed E-state index contributed by atoms with van der Waals surface area (Å²) in [7, 11) is -2.14. The molecule has 1 N–H and O–H groups in total. The Balaban J connectivity index is 1.79. The molecule has 0 spiro atoms. The summed E-state index contributed by atoms with van der Waals surface area (Å²) in [5.41, 5.74) is 0.944. The highest BCUT2D eigenvalue weighted by Gasteiger charge is 2.21. The summed E-state index contributed by atoms with van der Waals surface area (Å²) in [6, 6.07) is 18.3. The third-order valence-corrected chi connectivity index (χ3v) is 6.24. The van der Waals surface area contributed by atoms with Gasteiger partial charge in [0.1, 0.15) is 0 Å². The second-order valence-corrected chi connectivity index (χ2v) is 8.18. The van der Waals surface area contributed by atoms with E-state index < -0.39 is 10.0 Å². The lowest BCUT2D eigenvalue weighted by Crippen LogP contribution is -2.26. The fourth-order valence-electron chi connectivity index (χ4n) is 2.25. The monoisotopic (exact) mass is 372 g/mol. The van der Waals surface area contributed by atoms with Gasteiger partial charge >= 0.3 is 0 Å². The van der Waals surface area contributed by atoms with E-state index in [0.29, 0.717) is 11.3 Å². The SMILES string of the molecule is CN(c1ccc(C(=O)Nc2cccs2)cc1)S(=O)(=O)c1ccccc1. The molecule has 7 heteroatoms. The van der Waals surface area contributed by atoms with Crippen molar-refractivity contribution in [3.8, 4) is 0 Å². The van der Waals surface area contributed by atoms with Gasteiger partial charge in [-0.25, -0.2) is 8.42 Å². The van der Waals surface area contributed by atoms with Gasteiger partial charge in [-0.2, -0.15) is 0 Å². The van der Waals surface area contributed by atoms with Gasteiger partial charge in [-0.15, -0.1) is 11.3 Å². The number of thiophene rings is 1. The average molecular weight is 372 g/mol. The van der Waals surface area contributed by atoms with Gasteiger partial charge in [-0.05, 0) is 53.9 Å². The Hall–Kier alpha value is -2.64. The van der Waals surface area contributed by atoms with Gasteiger partial charge in [0.2, 0.25) is 0 Å². The molecular formula is C18H16N2O3S2. The van der Waals surface area contributed by atoms with Gasteiger partial charge in [-0.3, -0.25) is 9.10 Å². The number of carbonyl (C=O) groups excluding carboxylic acids is 1. The molecule has 0 unspecified atom stereocenters. The first-order valence-corrected chi connectivity index (χ1v) is 9.79. The maximum absolute atomic E-state index is 12.6. The fraction of sp³-hybridized carbons (Fsp3) is 0.0556. The van der Waals surface area contributed by atoms with Crippen molar-refractivity contribution in [1.29, 1.82) is 0 Å². The lowest BCUT2D eigenvalue weighted by Gasteiger charge is -2.19. The number of amides is 1. The quantitative estimate of drug-likeness (QED) is 0.740. The number of sulfonamides is 1. The molecule has 5 nitrogen and oxygen atoms in total. The fourth-order valence-corrected chi connectivity index (χ4v) is 4.07. The number of carbonyl (C=O) groups is 1. The summed E-state index contributed by atoms with van der Waals surface area (Å²) in [4.78, 5) is 12.4. The lowest BCUT2D eigenvalue weighted by atomic mass is 10.2. The van der Waals surface area contributed by atoms with Crippen LogP contribution in [-0.2, 0) is 10.0 Å². The number of rotatable bonds is 5. The molecule has 128 valence electrons. The molecule has 0 bridgehead atoms. The lowest BCUT2D eigenvalue weighted by molar-refractivity contribution is 0.102. The second kappa shape index (κ2) is 7.08. The van der Waals surface area contributed by atoms with E-state index in [9.17, 15) is 13.2 Å². The molecule has 1 amide bonds. The predicted molar refractivity (Wildman–Crippen MR) is 101 cm³/mol. The van der Waals surface area contributed by atoms with E-state index in [0.717, 1.165) is 5.00 Å². The van der Waals surface area contributed by atoms with Crippen molar-refractivity contribution in [3.63, 3.8) is 0 Å². The van der Waals surface area contributed by atoms with Crippen LogP contribution in [0.1, 0.15) is 10.4 Å². The molecule has 0 fully saturated rings. The van der Waals surface area contributed by atoms with E-state index in [1.165, 1.54) is 22.7 Å². The molecule has 1 heterocycles. The number of anilines is 2. The number of nitrogens with zero attached hydrogens (tertiary/aromatic N) is 1. The average Bonchev–Trinajstić information content (AvgIpc) is 3.15. The Morgan fingerprint density at radius 3 is 2.24 bits per heavy atom. The molecule has 0 saturated carbocycles. The highest BCUT2D eigenvalue weighted by atomic mass is 32.2. The van der Waals surface area contributed by atoms with E-state index in [2.05, 4.69) is 5.32 Å². The van der Waals surface area contributed by atoms with Crippen LogP contribution in [0.2, 0.25) is 0 Å². The van der Waals surface area contributed by atoms with Gasteiger partial charge in [0.25, 0.3) is 15.9 Å². The standard InChI is InChI=1S/C18H16N2O3S2/c1-20(25(22,23)16-6-3-2-4-7-16)15-11-9-14(10-12-15)18(21)19-17-8-5-13-24-17/h2-13H,1H3,(H,19,21). The van der Waals surface area contributed by atoms with Crippen LogP contribution in [0.5, 0.6) is 0 Å². The normalized spacial score (nSPS) is 11.1. The van der Waals surface area contributed by atoms with E-state index in [1.54, 1.807) is 54.6 Å². The Kier molecular flexibility index (Phi) is 4.87. The smallest absolute Gasteiger partial charge is 0.264 e. The van der Waals surface area contributed by atoms with E-state index in [-0.39, 0.29) is 10.8 Å². The second-order valence-electron chi connectivity index (χ2n) is 5.26. The minimum Gasteiger partial charge on any atom is -0.314 e. The minimum atomic E-state index is -3.63. The Bertz CT molecular complexity index is 951. The molecule has 0 aliphatic carbocycles. The van der Waals surface area contributed by atoms with Crippen LogP contribution in [0.15, 0.2) is 77.0 Å². The first kappa shape index (κ1) is 17.2. The molecule has 2 aromatic carbocycles. The first-order valence-electron chi connectivity index (χ1n) is 7.47. The highest BCUT2D eigenvalue weighted by Crippen LogP contribution is 2.23. The molecule has 0 atom stereocenters. The van der Waals surface area contributed by atoms with Crippen LogP contribution in [0.25, 0.3) is 0 Å². The number of hydrogen-bond donors (Lipinski definition) is 1. The number of nitrogens with one attached hydrogen (secondary N) is 1. The maximum Gasteiger partial charge on any atom is 0.264 e. The van der Waals surface area contributed by atoms with Gasteiger partial charge in [0, 0.05) is 12.6 Å². The molecule has 0 radical (unpaired) electrons. The van der Waals surface area contributed by atoms with Crippen molar-refractivity contribution in [2.45, 2.75) is 4.90 Å². The molecule has 3 rings (SSSR count). The van der Waals surface area contributed by atoms with Crippen molar-refractivity contribution in [3.05, 3.63) is 77.7 Å². The zero-order chi connectivity index (χ0) is 17.9. The molecule has 25 heavy (non-hydrogen) atoms. The van der Waals surface area contributed by atoms with Crippen LogP contribution in [0, 0.1) is 0 Å². The zero-order valence-corrected chi connectivity index (χ0v) is 15.0. The Labute approximate surface area is 150 Å². The third-order valence-electron chi connectivity index (χ3n) is 3.65. The van der Waals surface area contributed by atoms with E-state index in [4.69, 9.17) is 0 Å². The third kappa shape index (κ3) is 3.72. The molecule has 0 aliphatic heterocycles. The van der Waals surface area contributed by atoms with Gasteiger partial charge in [0.15, 0.2) is 0 Å². The van der Waals surface area contributed by atoms with Crippen LogP contribution < -0.4 is 9.62 Å². The first-order chi connectivity index (χ1) is 12.0. The van der Waals surface area contributed by atoms with Crippen molar-refractivity contribution in [2.75, 3.05) is 16.7 Å². The van der Waals surface area contributed by atoms with E-state index >= 15 is 0 Å². The largest absolute Gasteiger partial charge is 0.314 e. The van der Waals surface area contributed by atoms with Crippen molar-refractivity contribution in [1.82, 2.24) is 0 Å². The van der Waals surface area contributed by atoms with Gasteiger partial charge in [-0.1, -0.05) is 18.2 Å².